The van der Waals surface area contributed by atoms with Crippen LogP contribution in [0.4, 0.5) is 0 Å². The molecule has 2 N–H and O–H groups in total. The fourth-order valence-electron chi connectivity index (χ4n) is 2.24. The van der Waals surface area contributed by atoms with E-state index in [1.165, 1.54) is 0 Å². The fraction of sp³-hybridized carbons (Fsp3) is 0.900. The van der Waals surface area contributed by atoms with Gasteiger partial charge in [-0.15, -0.1) is 0 Å². The molecule has 0 amide bonds. The lowest BCUT2D eigenvalue weighted by Gasteiger charge is -2.36. The number of carbonyl (C=O) groups excluding carboxylic acids is 1. The highest BCUT2D eigenvalue weighted by Gasteiger charge is 2.39. The van der Waals surface area contributed by atoms with Crippen molar-refractivity contribution in [2.75, 3.05) is 0 Å². The Morgan fingerprint density at radius 2 is 1.93 bits per heavy atom. The zero-order valence-electron chi connectivity index (χ0n) is 9.22. The second kappa shape index (κ2) is 4.36. The highest BCUT2D eigenvalue weighted by Crippen LogP contribution is 2.51. The molecule has 0 spiro atoms. The molecule has 1 fully saturated rings. The summed E-state index contributed by atoms with van der Waals surface area (Å²) in [5, 5.41) is 0. The number of carbonyl (C=O) groups is 1. The third-order valence-corrected chi connectivity index (χ3v) is 4.90. The van der Waals surface area contributed by atoms with Crippen LogP contribution in [0, 0.1) is 11.3 Å². The standard InChI is InChI=1S/C10H19O4P/c1-10(2,7-11)8-4-3-5-9(6-8)15(12,13)14/h7-9H,3-6H2,1-2H3,(H2,12,13,14). The summed E-state index contributed by atoms with van der Waals surface area (Å²) in [7, 11) is -3.97. The van der Waals surface area contributed by atoms with Gasteiger partial charge in [0.25, 0.3) is 0 Å². The largest absolute Gasteiger partial charge is 0.328 e. The molecule has 0 aromatic heterocycles. The van der Waals surface area contributed by atoms with Crippen molar-refractivity contribution < 1.29 is 19.1 Å². The van der Waals surface area contributed by atoms with Gasteiger partial charge in [-0.1, -0.05) is 20.3 Å². The van der Waals surface area contributed by atoms with E-state index in [4.69, 9.17) is 9.79 Å². The molecule has 4 nitrogen and oxygen atoms in total. The summed E-state index contributed by atoms with van der Waals surface area (Å²) in [4.78, 5) is 29.1. The van der Waals surface area contributed by atoms with Crippen molar-refractivity contribution in [1.29, 1.82) is 0 Å². The highest BCUT2D eigenvalue weighted by atomic mass is 31.2. The van der Waals surface area contributed by atoms with E-state index in [0.717, 1.165) is 19.1 Å². The van der Waals surface area contributed by atoms with Crippen LogP contribution in [-0.4, -0.2) is 21.7 Å². The van der Waals surface area contributed by atoms with Crippen molar-refractivity contribution in [2.45, 2.75) is 45.2 Å². The van der Waals surface area contributed by atoms with Crippen LogP contribution in [0.15, 0.2) is 0 Å². The second-order valence-electron chi connectivity index (χ2n) is 5.05. The third kappa shape index (κ3) is 3.13. The molecule has 1 aliphatic carbocycles. The maximum absolute atomic E-state index is 11.2. The van der Waals surface area contributed by atoms with Crippen molar-refractivity contribution in [3.63, 3.8) is 0 Å². The van der Waals surface area contributed by atoms with Gasteiger partial charge in [-0.05, 0) is 25.2 Å². The van der Waals surface area contributed by atoms with Gasteiger partial charge in [0.05, 0.1) is 5.66 Å². The van der Waals surface area contributed by atoms with Gasteiger partial charge in [0.2, 0.25) is 0 Å². The van der Waals surface area contributed by atoms with Crippen LogP contribution in [0.25, 0.3) is 0 Å². The predicted octanol–water partition coefficient (Wildman–Crippen LogP) is 1.95. The molecule has 1 aliphatic rings. The zero-order valence-corrected chi connectivity index (χ0v) is 10.1. The van der Waals surface area contributed by atoms with Gasteiger partial charge in [0.15, 0.2) is 0 Å². The third-order valence-electron chi connectivity index (χ3n) is 3.48. The molecule has 88 valence electrons. The average Bonchev–Trinajstić information content (AvgIpc) is 2.17. The molecule has 2 unspecified atom stereocenters. The van der Waals surface area contributed by atoms with E-state index in [1.807, 2.05) is 13.8 Å². The van der Waals surface area contributed by atoms with Crippen LogP contribution in [0.1, 0.15) is 39.5 Å². The summed E-state index contributed by atoms with van der Waals surface area (Å²) in [6.45, 7) is 3.68. The van der Waals surface area contributed by atoms with E-state index in [2.05, 4.69) is 0 Å². The van der Waals surface area contributed by atoms with Crippen molar-refractivity contribution in [3.8, 4) is 0 Å². The Morgan fingerprint density at radius 1 is 1.33 bits per heavy atom. The van der Waals surface area contributed by atoms with Gasteiger partial charge in [-0.25, -0.2) is 0 Å². The lowest BCUT2D eigenvalue weighted by molar-refractivity contribution is -0.117. The van der Waals surface area contributed by atoms with E-state index < -0.39 is 18.7 Å². The number of hydrogen-bond donors (Lipinski definition) is 2. The van der Waals surface area contributed by atoms with Crippen molar-refractivity contribution in [2.24, 2.45) is 11.3 Å². The predicted molar refractivity (Wildman–Crippen MR) is 57.6 cm³/mol. The molecule has 0 saturated heterocycles. The summed E-state index contributed by atoms with van der Waals surface area (Å²) in [5.41, 5.74) is -1.01. The molecule has 1 saturated carbocycles. The summed E-state index contributed by atoms with van der Waals surface area (Å²) < 4.78 is 11.2. The maximum Gasteiger partial charge on any atom is 0.328 e. The quantitative estimate of drug-likeness (QED) is 0.578. The Hall–Kier alpha value is -0.180. The normalized spacial score (nSPS) is 28.8. The summed E-state index contributed by atoms with van der Waals surface area (Å²) >= 11 is 0. The van der Waals surface area contributed by atoms with Crippen LogP contribution in [-0.2, 0) is 9.36 Å². The molecular weight excluding hydrogens is 215 g/mol. The molecule has 0 aliphatic heterocycles. The SMILES string of the molecule is CC(C)(C=O)C1CCCC(P(=O)(O)O)C1. The number of rotatable bonds is 3. The van der Waals surface area contributed by atoms with Crippen molar-refractivity contribution >= 4 is 13.9 Å². The topological polar surface area (TPSA) is 74.6 Å². The molecular formula is C10H19O4P. The Kier molecular flexibility index (Phi) is 3.75. The summed E-state index contributed by atoms with van der Waals surface area (Å²) in [6, 6.07) is 0. The van der Waals surface area contributed by atoms with Crippen molar-refractivity contribution in [1.82, 2.24) is 0 Å². The smallest absolute Gasteiger partial charge is 0.324 e. The van der Waals surface area contributed by atoms with Gasteiger partial charge in [-0.2, -0.15) is 0 Å². The molecule has 15 heavy (non-hydrogen) atoms. The van der Waals surface area contributed by atoms with E-state index >= 15 is 0 Å². The first-order valence-electron chi connectivity index (χ1n) is 5.29. The molecule has 2 atom stereocenters. The monoisotopic (exact) mass is 234 g/mol. The Morgan fingerprint density at radius 3 is 2.40 bits per heavy atom. The minimum atomic E-state index is -3.97. The van der Waals surface area contributed by atoms with Crippen LogP contribution < -0.4 is 0 Å². The second-order valence-corrected chi connectivity index (χ2v) is 6.95. The Balaban J connectivity index is 2.73. The van der Waals surface area contributed by atoms with E-state index in [0.29, 0.717) is 12.8 Å². The fourth-order valence-corrected chi connectivity index (χ4v) is 3.29. The van der Waals surface area contributed by atoms with Crippen LogP contribution in [0.2, 0.25) is 0 Å². The van der Waals surface area contributed by atoms with Gasteiger partial charge >= 0.3 is 7.60 Å². The van der Waals surface area contributed by atoms with E-state index in [9.17, 15) is 9.36 Å². The van der Waals surface area contributed by atoms with E-state index in [1.54, 1.807) is 0 Å². The molecule has 1 rings (SSSR count). The van der Waals surface area contributed by atoms with Gasteiger partial charge < -0.3 is 14.6 Å². The first kappa shape index (κ1) is 12.9. The molecule has 0 aromatic carbocycles. The minimum absolute atomic E-state index is 0.0985. The maximum atomic E-state index is 11.2. The summed E-state index contributed by atoms with van der Waals surface area (Å²) in [6.07, 6.45) is 3.64. The van der Waals surface area contributed by atoms with Crippen LogP contribution in [0.5, 0.6) is 0 Å². The van der Waals surface area contributed by atoms with Crippen LogP contribution >= 0.6 is 7.60 Å². The first-order chi connectivity index (χ1) is 6.77. The lowest BCUT2D eigenvalue weighted by Crippen LogP contribution is -2.32. The number of aldehydes is 1. The van der Waals surface area contributed by atoms with Crippen molar-refractivity contribution in [3.05, 3.63) is 0 Å². The summed E-state index contributed by atoms with van der Waals surface area (Å²) in [5.74, 6) is 0.0985. The first-order valence-corrected chi connectivity index (χ1v) is 6.97. The van der Waals surface area contributed by atoms with E-state index in [-0.39, 0.29) is 5.92 Å². The van der Waals surface area contributed by atoms with Gasteiger partial charge in [0.1, 0.15) is 6.29 Å². The molecule has 0 heterocycles. The zero-order chi connectivity index (χ0) is 11.7. The van der Waals surface area contributed by atoms with Gasteiger partial charge in [-0.3, -0.25) is 4.57 Å². The average molecular weight is 234 g/mol. The lowest BCUT2D eigenvalue weighted by atomic mass is 9.72. The number of hydrogen-bond acceptors (Lipinski definition) is 2. The Bertz CT molecular complexity index is 281. The Labute approximate surface area is 90.2 Å². The molecule has 0 aromatic rings. The van der Waals surface area contributed by atoms with Crippen LogP contribution in [0.3, 0.4) is 0 Å². The molecule has 0 radical (unpaired) electrons. The minimum Gasteiger partial charge on any atom is -0.324 e. The van der Waals surface area contributed by atoms with Gasteiger partial charge in [0, 0.05) is 5.41 Å². The molecule has 5 heteroatoms. The molecule has 0 bridgehead atoms. The highest BCUT2D eigenvalue weighted by molar-refractivity contribution is 7.52.